The number of amides is 6. The quantitative estimate of drug-likeness (QED) is 0.0475. The molecule has 4 heterocycles. The number of ether oxygens (including phenoxy) is 4. The number of likely N-dealkylation sites (tertiary alicyclic amines) is 2. The summed E-state index contributed by atoms with van der Waals surface area (Å²) in [4.78, 5) is 98.6. The number of alkyl carbamates (subject to hydrolysis) is 1. The fourth-order valence-electron chi connectivity index (χ4n) is 11.7. The first-order valence-electron chi connectivity index (χ1n) is 24.7. The van der Waals surface area contributed by atoms with Gasteiger partial charge in [0.25, 0.3) is 0 Å². The fraction of sp³-hybridized carbons (Fsp3) is 0.351. The summed E-state index contributed by atoms with van der Waals surface area (Å²) in [5.74, 6) is -5.74. The van der Waals surface area contributed by atoms with E-state index in [1.807, 2.05) is 24.3 Å². The molecule has 0 spiro atoms. The monoisotopic (exact) mass is 986 g/mol. The van der Waals surface area contributed by atoms with Crippen LogP contribution >= 0.6 is 0 Å². The number of carbonyl (C=O) groups excluding carboxylic acids is 7. The molecule has 374 valence electrons. The molecule has 0 aromatic heterocycles. The lowest BCUT2D eigenvalue weighted by Crippen LogP contribution is -2.51. The van der Waals surface area contributed by atoms with Crippen LogP contribution in [0, 0.1) is 30.6 Å². The Bertz CT molecular complexity index is 3260. The maximum absolute atomic E-state index is 14.6. The average Bonchev–Trinajstić information content (AvgIpc) is 4.11. The topological polar surface area (TPSA) is 207 Å². The number of aliphatic hydroxyl groups excluding tert-OH is 1. The number of nitrogens with zero attached hydrogens (tertiary/aromatic N) is 2. The van der Waals surface area contributed by atoms with Gasteiger partial charge in [0.15, 0.2) is 6.29 Å². The average molecular weight is 987 g/mol. The van der Waals surface area contributed by atoms with Gasteiger partial charge in [-0.3, -0.25) is 38.6 Å². The smallest absolute Gasteiger partial charge is 0.407 e. The van der Waals surface area contributed by atoms with Crippen LogP contribution in [0.3, 0.4) is 0 Å². The number of rotatable bonds is 15. The van der Waals surface area contributed by atoms with Gasteiger partial charge < -0.3 is 34.7 Å². The molecule has 9 unspecified atom stereocenters. The highest BCUT2D eigenvalue weighted by atomic mass is 16.6. The van der Waals surface area contributed by atoms with Crippen LogP contribution in [0.15, 0.2) is 103 Å². The third-order valence-corrected chi connectivity index (χ3v) is 15.1. The molecule has 16 nitrogen and oxygen atoms in total. The van der Waals surface area contributed by atoms with E-state index < -0.39 is 89.4 Å². The summed E-state index contributed by atoms with van der Waals surface area (Å²) in [6, 6.07) is 26.4. The lowest BCUT2D eigenvalue weighted by molar-refractivity contribution is -0.147. The van der Waals surface area contributed by atoms with E-state index in [9.17, 15) is 38.7 Å². The van der Waals surface area contributed by atoms with Crippen molar-refractivity contribution in [3.63, 3.8) is 0 Å². The van der Waals surface area contributed by atoms with Crippen LogP contribution in [-0.4, -0.2) is 113 Å². The molecule has 2 bridgehead atoms. The van der Waals surface area contributed by atoms with E-state index in [1.54, 1.807) is 76.2 Å². The summed E-state index contributed by atoms with van der Waals surface area (Å²) in [6.45, 7) is 5.84. The van der Waals surface area contributed by atoms with Crippen molar-refractivity contribution in [1.82, 2.24) is 20.4 Å². The molecular formula is C57H54N4O12. The predicted molar refractivity (Wildman–Crippen MR) is 267 cm³/mol. The molecule has 6 amide bonds. The van der Waals surface area contributed by atoms with Crippen LogP contribution in [0.5, 0.6) is 11.5 Å². The van der Waals surface area contributed by atoms with Gasteiger partial charge in [0.2, 0.25) is 29.5 Å². The van der Waals surface area contributed by atoms with Crippen molar-refractivity contribution in [3.8, 4) is 11.5 Å². The summed E-state index contributed by atoms with van der Waals surface area (Å²) in [5.41, 5.74) is 1.73. The molecule has 3 fully saturated rings. The van der Waals surface area contributed by atoms with Gasteiger partial charge in [-0.25, -0.2) is 4.79 Å². The maximum Gasteiger partial charge on any atom is 0.407 e. The Morgan fingerprint density at radius 1 is 0.726 bits per heavy atom. The highest BCUT2D eigenvalue weighted by molar-refractivity contribution is 6.23. The van der Waals surface area contributed by atoms with Gasteiger partial charge in [0.1, 0.15) is 30.3 Å². The van der Waals surface area contributed by atoms with E-state index in [2.05, 4.69) is 41.0 Å². The Labute approximate surface area is 419 Å². The molecule has 1 aliphatic carbocycles. The Morgan fingerprint density at radius 3 is 1.99 bits per heavy atom. The second-order valence-corrected chi connectivity index (χ2v) is 20.7. The number of aldehydes is 1. The number of nitrogens with one attached hydrogen (secondary N) is 2. The van der Waals surface area contributed by atoms with Crippen LogP contribution in [0.1, 0.15) is 59.5 Å². The highest BCUT2D eigenvalue weighted by Crippen LogP contribution is 2.49. The molecule has 6 aromatic rings. The van der Waals surface area contributed by atoms with Crippen molar-refractivity contribution in [3.05, 3.63) is 131 Å². The van der Waals surface area contributed by atoms with E-state index in [0.29, 0.717) is 17.4 Å². The van der Waals surface area contributed by atoms with Gasteiger partial charge in [-0.15, -0.1) is 0 Å². The largest absolute Gasteiger partial charge is 0.491 e. The predicted octanol–water partition coefficient (Wildman–Crippen LogP) is 5.91. The lowest BCUT2D eigenvalue weighted by atomic mass is 9.75. The summed E-state index contributed by atoms with van der Waals surface area (Å²) in [7, 11) is 0. The van der Waals surface area contributed by atoms with Gasteiger partial charge in [-0.1, -0.05) is 91.0 Å². The second-order valence-electron chi connectivity index (χ2n) is 20.7. The van der Waals surface area contributed by atoms with E-state index in [0.717, 1.165) is 42.8 Å². The summed E-state index contributed by atoms with van der Waals surface area (Å²) in [5, 5.41) is 24.3. The summed E-state index contributed by atoms with van der Waals surface area (Å²) >= 11 is 0. The Balaban J connectivity index is 0.840. The van der Waals surface area contributed by atoms with Crippen molar-refractivity contribution in [2.75, 3.05) is 26.3 Å². The molecule has 16 heteroatoms. The zero-order valence-corrected chi connectivity index (χ0v) is 40.7. The van der Waals surface area contributed by atoms with Crippen molar-refractivity contribution in [2.45, 2.75) is 76.5 Å². The lowest BCUT2D eigenvalue weighted by Gasteiger charge is -2.32. The zero-order chi connectivity index (χ0) is 51.0. The van der Waals surface area contributed by atoms with Gasteiger partial charge in [-0.05, 0) is 95.3 Å². The minimum absolute atomic E-state index is 0.0251. The highest BCUT2D eigenvalue weighted by Gasteiger charge is 2.62. The third kappa shape index (κ3) is 8.31. The van der Waals surface area contributed by atoms with Gasteiger partial charge in [0, 0.05) is 18.7 Å². The fourth-order valence-corrected chi connectivity index (χ4v) is 11.7. The van der Waals surface area contributed by atoms with Crippen LogP contribution < -0.4 is 20.1 Å². The second kappa shape index (κ2) is 18.4. The number of carbonyl (C=O) groups is 7. The number of benzene rings is 6. The van der Waals surface area contributed by atoms with Crippen LogP contribution in [0.2, 0.25) is 0 Å². The standard InChI is InChI=1S/C57H54N4O12/c1-29-8-5-12-40(39(29)26-62)70-27-36(25-59-56(69)73-57(2,3)4)60-52(65)38-22-34-11-7-13-41(47(34)51(64)48(38)53(60)66)71-28-35(61-54(67)49-42-20-21-43(72-42)50(49)55(61)68)24-58-44(63)23-33-17-16-32-15-14-30-9-6-10-31-18-19-37(33)46(32)45(30)31/h5-21,26,35-36,38,42-43,48-51,64H,22-25,27-28H2,1-4H3,(H,58,63)(H,59,69). The van der Waals surface area contributed by atoms with Crippen LogP contribution in [0.4, 0.5) is 4.79 Å². The van der Waals surface area contributed by atoms with Crippen molar-refractivity contribution >= 4 is 74.2 Å². The van der Waals surface area contributed by atoms with Gasteiger partial charge in [0.05, 0.1) is 66.1 Å². The maximum atomic E-state index is 14.6. The normalized spacial score (nSPS) is 23.8. The number of aryl methyl sites for hydroxylation is 1. The number of aliphatic hydroxyl groups is 1. The molecule has 0 radical (unpaired) electrons. The third-order valence-electron chi connectivity index (χ3n) is 15.1. The molecule has 4 aliphatic heterocycles. The number of imide groups is 2. The zero-order valence-electron chi connectivity index (χ0n) is 40.7. The van der Waals surface area contributed by atoms with E-state index in [4.69, 9.17) is 18.9 Å². The molecule has 6 aromatic carbocycles. The first-order chi connectivity index (χ1) is 35.1. The van der Waals surface area contributed by atoms with E-state index in [-0.39, 0.29) is 67.7 Å². The minimum Gasteiger partial charge on any atom is -0.491 e. The van der Waals surface area contributed by atoms with E-state index >= 15 is 0 Å². The van der Waals surface area contributed by atoms with Crippen LogP contribution in [-0.2, 0) is 46.3 Å². The van der Waals surface area contributed by atoms with Crippen LogP contribution in [0.25, 0.3) is 32.3 Å². The summed E-state index contributed by atoms with van der Waals surface area (Å²) in [6.07, 6.45) is 0.910. The minimum atomic E-state index is -1.54. The Hall–Kier alpha value is -7.69. The molecular weight excluding hydrogens is 933 g/mol. The molecule has 5 aliphatic rings. The number of hydrogen-bond donors (Lipinski definition) is 3. The van der Waals surface area contributed by atoms with Gasteiger partial charge in [-0.2, -0.15) is 0 Å². The number of hydrogen-bond acceptors (Lipinski definition) is 12. The molecule has 11 rings (SSSR count). The molecule has 73 heavy (non-hydrogen) atoms. The van der Waals surface area contributed by atoms with Crippen molar-refractivity contribution in [1.29, 1.82) is 0 Å². The molecule has 3 N–H and O–H groups in total. The molecule has 3 saturated heterocycles. The van der Waals surface area contributed by atoms with Crippen molar-refractivity contribution in [2.24, 2.45) is 23.7 Å². The Morgan fingerprint density at radius 2 is 1.30 bits per heavy atom. The number of fused-ring (bicyclic) bond motifs is 7. The SMILES string of the molecule is Cc1cccc(OCC(CNC(=O)OC(C)(C)C)N2C(=O)C3Cc4cccc(OCC(CNC(=O)Cc5ccc6ccc7cccc8ccc5c6c78)N5C(=O)C6C7C=CC(O7)C6C5=O)c4C(O)C3C2=O)c1C=O. The summed E-state index contributed by atoms with van der Waals surface area (Å²) < 4.78 is 23.9. The molecule has 0 saturated carbocycles. The van der Waals surface area contributed by atoms with Crippen molar-refractivity contribution < 1.29 is 57.6 Å². The van der Waals surface area contributed by atoms with E-state index in [1.165, 1.54) is 4.90 Å². The van der Waals surface area contributed by atoms with Gasteiger partial charge >= 0.3 is 6.09 Å². The Kier molecular flexibility index (Phi) is 12.0. The first kappa shape index (κ1) is 47.6. The molecule has 9 atom stereocenters. The first-order valence-corrected chi connectivity index (χ1v) is 24.7.